The van der Waals surface area contributed by atoms with Gasteiger partial charge in [0.15, 0.2) is 5.78 Å². The van der Waals surface area contributed by atoms with E-state index < -0.39 is 17.1 Å². The van der Waals surface area contributed by atoms with E-state index in [4.69, 9.17) is 14.2 Å². The van der Waals surface area contributed by atoms with Gasteiger partial charge in [-0.3, -0.25) is 14.4 Å². The molecule has 0 bridgehead atoms. The van der Waals surface area contributed by atoms with Crippen LogP contribution in [0.4, 0.5) is 9.59 Å². The Balaban J connectivity index is 0.000000238. The molecule has 3 fully saturated rings. The number of carbonyl (C=O) groups excluding carboxylic acids is 5. The van der Waals surface area contributed by atoms with Crippen molar-refractivity contribution in [2.45, 2.75) is 152 Å². The van der Waals surface area contributed by atoms with Gasteiger partial charge in [0.2, 0.25) is 0 Å². The summed E-state index contributed by atoms with van der Waals surface area (Å²) in [5.41, 5.74) is 6.80. The van der Waals surface area contributed by atoms with Crippen LogP contribution in [0.1, 0.15) is 157 Å². The van der Waals surface area contributed by atoms with Crippen LogP contribution in [0, 0.1) is 62.2 Å². The number of benzene rings is 2. The first kappa shape index (κ1) is 48.7. The zero-order chi connectivity index (χ0) is 46.7. The second kappa shape index (κ2) is 19.2. The first-order chi connectivity index (χ1) is 29.4. The lowest BCUT2D eigenvalue weighted by Crippen LogP contribution is -2.49. The van der Waals surface area contributed by atoms with Crippen LogP contribution < -0.4 is 0 Å². The number of methoxy groups -OCH3 is 1. The van der Waals surface area contributed by atoms with Crippen molar-refractivity contribution in [1.82, 2.24) is 9.80 Å². The molecule has 2 spiro atoms. The number of piperidine rings is 2. The number of Topliss-reactive ketones (excluding diaryl/α,β-unsaturated/α-hetero) is 3. The van der Waals surface area contributed by atoms with Crippen molar-refractivity contribution >= 4 is 35.1 Å². The maximum atomic E-state index is 13.5. The fraction of sp³-hybridized carbons (Fsp3) is 0.566. The number of amides is 2. The number of hydrogen-bond acceptors (Lipinski definition) is 8. The van der Waals surface area contributed by atoms with Gasteiger partial charge in [-0.15, -0.1) is 11.8 Å². The number of aryl methyl sites for hydroxylation is 4. The number of carbonyl (C=O) groups is 5. The summed E-state index contributed by atoms with van der Waals surface area (Å²) in [6.45, 7) is 25.0. The number of nitrogens with zero attached hydrogens (tertiary/aromatic N) is 2. The van der Waals surface area contributed by atoms with Gasteiger partial charge in [-0.2, -0.15) is 0 Å². The fourth-order valence-corrected chi connectivity index (χ4v) is 9.94. The summed E-state index contributed by atoms with van der Waals surface area (Å²) >= 11 is 0. The van der Waals surface area contributed by atoms with Gasteiger partial charge >= 0.3 is 12.2 Å². The van der Waals surface area contributed by atoms with Gasteiger partial charge in [0.1, 0.15) is 34.4 Å². The molecule has 0 unspecified atom stereocenters. The Morgan fingerprint density at radius 2 is 1.00 bits per heavy atom. The first-order valence-electron chi connectivity index (χ1n) is 22.3. The Hall–Kier alpha value is -5.35. The van der Waals surface area contributed by atoms with Gasteiger partial charge < -0.3 is 24.0 Å². The molecule has 10 nitrogen and oxygen atoms in total. The van der Waals surface area contributed by atoms with E-state index >= 15 is 0 Å². The van der Waals surface area contributed by atoms with E-state index in [-0.39, 0.29) is 40.4 Å². The summed E-state index contributed by atoms with van der Waals surface area (Å²) < 4.78 is 16.8. The van der Waals surface area contributed by atoms with Crippen molar-refractivity contribution < 1.29 is 38.2 Å². The lowest BCUT2D eigenvalue weighted by Gasteiger charge is -2.44. The van der Waals surface area contributed by atoms with Gasteiger partial charge in [0.25, 0.3) is 0 Å². The van der Waals surface area contributed by atoms with Crippen molar-refractivity contribution in [2.75, 3.05) is 33.3 Å². The molecule has 338 valence electrons. The third-order valence-electron chi connectivity index (χ3n) is 12.8. The van der Waals surface area contributed by atoms with E-state index in [2.05, 4.69) is 23.7 Å². The van der Waals surface area contributed by atoms with Crippen LogP contribution in [0.5, 0.6) is 0 Å². The van der Waals surface area contributed by atoms with E-state index in [1.807, 2.05) is 100 Å². The van der Waals surface area contributed by atoms with Crippen molar-refractivity contribution in [3.8, 4) is 23.7 Å². The molecule has 2 aromatic rings. The number of rotatable bonds is 3. The van der Waals surface area contributed by atoms with E-state index in [0.717, 1.165) is 63.1 Å². The van der Waals surface area contributed by atoms with Crippen LogP contribution in [-0.4, -0.2) is 83.8 Å². The van der Waals surface area contributed by atoms with E-state index in [0.29, 0.717) is 70.3 Å². The smallest absolute Gasteiger partial charge is 0.410 e. The molecule has 2 aliphatic carbocycles. The van der Waals surface area contributed by atoms with Gasteiger partial charge in [0.05, 0.1) is 12.7 Å². The van der Waals surface area contributed by atoms with Crippen LogP contribution in [0.15, 0.2) is 30.0 Å². The molecule has 1 saturated carbocycles. The molecule has 2 aromatic carbocycles. The molecule has 4 aliphatic rings. The van der Waals surface area contributed by atoms with E-state index in [1.165, 1.54) is 0 Å². The highest BCUT2D eigenvalue weighted by molar-refractivity contribution is 6.23. The highest BCUT2D eigenvalue weighted by Gasteiger charge is 2.48. The predicted molar refractivity (Wildman–Crippen MR) is 246 cm³/mol. The Morgan fingerprint density at radius 1 is 0.619 bits per heavy atom. The zero-order valence-electron chi connectivity index (χ0n) is 40.0. The fourth-order valence-electron chi connectivity index (χ4n) is 9.94. The number of ketones is 3. The van der Waals surface area contributed by atoms with E-state index in [9.17, 15) is 24.0 Å². The van der Waals surface area contributed by atoms with E-state index in [1.54, 1.807) is 23.8 Å². The first-order valence-corrected chi connectivity index (χ1v) is 22.3. The zero-order valence-corrected chi connectivity index (χ0v) is 40.0. The van der Waals surface area contributed by atoms with Gasteiger partial charge in [-0.05, 0) is 177 Å². The Labute approximate surface area is 375 Å². The maximum Gasteiger partial charge on any atom is 0.410 e. The molecular formula is C53H68N2O8. The number of hydrogen-bond donors (Lipinski definition) is 0. The summed E-state index contributed by atoms with van der Waals surface area (Å²) in [4.78, 5) is 68.2. The molecule has 2 heterocycles. The second-order valence-electron chi connectivity index (χ2n) is 20.2. The van der Waals surface area contributed by atoms with Crippen molar-refractivity contribution in [2.24, 2.45) is 10.8 Å². The van der Waals surface area contributed by atoms with Gasteiger partial charge in [-0.1, -0.05) is 11.8 Å². The molecule has 0 N–H and O–H groups in total. The molecule has 2 aliphatic heterocycles. The van der Waals surface area contributed by atoms with Crippen LogP contribution in [0.2, 0.25) is 0 Å². The highest BCUT2D eigenvalue weighted by Crippen LogP contribution is 2.49. The Bertz CT molecular complexity index is 2230. The lowest BCUT2D eigenvalue weighted by molar-refractivity contribution is -0.138. The third kappa shape index (κ3) is 11.6. The topological polar surface area (TPSA) is 120 Å². The molecule has 2 amide bonds. The maximum absolute atomic E-state index is 13.5. The highest BCUT2D eigenvalue weighted by atomic mass is 16.6. The lowest BCUT2D eigenvalue weighted by atomic mass is 9.62. The summed E-state index contributed by atoms with van der Waals surface area (Å²) in [6.07, 6.45) is 4.20. The summed E-state index contributed by atoms with van der Waals surface area (Å²) in [7, 11) is 1.65. The summed E-state index contributed by atoms with van der Waals surface area (Å²) in [5, 5.41) is 0. The summed E-state index contributed by atoms with van der Waals surface area (Å²) in [5.74, 6) is 12.2. The molecule has 0 atom stereocenters. The minimum absolute atomic E-state index is 0.00231. The predicted octanol–water partition coefficient (Wildman–Crippen LogP) is 10.1. The largest absolute Gasteiger partial charge is 0.500 e. The van der Waals surface area contributed by atoms with Gasteiger partial charge in [0, 0.05) is 63.0 Å². The minimum Gasteiger partial charge on any atom is -0.500 e. The minimum atomic E-state index is -0.682. The van der Waals surface area contributed by atoms with Crippen molar-refractivity contribution in [3.63, 3.8) is 0 Å². The Morgan fingerprint density at radius 3 is 1.37 bits per heavy atom. The van der Waals surface area contributed by atoms with Crippen molar-refractivity contribution in [1.29, 1.82) is 0 Å². The SMILES string of the molecule is CC#Cc1cc(C)c(C2=C(OC)CC3(CCN(C(=O)OC(C)(C)C)CC3)CC2=O)c(C)c1.CC#Cc1cc(C)c(C2C(=O)CC3(CCN(C(=O)OC(C)(C)C)CC3)CC2=O)c(C)c1. The Kier molecular flexibility index (Phi) is 14.8. The number of allylic oxidation sites excluding steroid dienone is 2. The van der Waals surface area contributed by atoms with Crippen LogP contribution in [0.3, 0.4) is 0 Å². The molecule has 10 heteroatoms. The molecule has 0 radical (unpaired) electrons. The normalized spacial score (nSPS) is 18.8. The third-order valence-corrected chi connectivity index (χ3v) is 12.8. The van der Waals surface area contributed by atoms with Crippen LogP contribution in [-0.2, 0) is 28.6 Å². The molecule has 2 saturated heterocycles. The van der Waals surface area contributed by atoms with Crippen LogP contribution in [0.25, 0.3) is 5.57 Å². The molecule has 63 heavy (non-hydrogen) atoms. The monoisotopic (exact) mass is 860 g/mol. The number of likely N-dealkylation sites (tertiary alicyclic amines) is 2. The second-order valence-corrected chi connectivity index (χ2v) is 20.2. The average Bonchev–Trinajstić information content (AvgIpc) is 3.16. The average molecular weight is 861 g/mol. The quantitative estimate of drug-likeness (QED) is 0.221. The molecule has 0 aromatic heterocycles. The van der Waals surface area contributed by atoms with Crippen LogP contribution >= 0.6 is 0 Å². The molecular weight excluding hydrogens is 793 g/mol. The van der Waals surface area contributed by atoms with Crippen molar-refractivity contribution in [3.05, 3.63) is 74.5 Å². The van der Waals surface area contributed by atoms with Gasteiger partial charge in [-0.25, -0.2) is 9.59 Å². The number of ether oxygens (including phenoxy) is 3. The summed E-state index contributed by atoms with van der Waals surface area (Å²) in [6, 6.07) is 8.00. The molecule has 6 rings (SSSR count). The standard InChI is InChI=1S/C27H35NO4.C26H33NO4/c1-8-9-20-14-18(2)23(19(3)15-20)24-21(29)16-27(17-22(24)31-7)10-12-28(13-11-27)25(30)32-26(4,5)6;1-7-8-19-13-17(2)22(18(3)14-19)23-20(28)15-26(16-21(23)29)9-11-27(12-10-26)24(30)31-25(4,5)6/h14-15H,10-13,16-17H2,1-7H3;13-14,23H,9-12,15-16H2,1-6H3.